The van der Waals surface area contributed by atoms with Gasteiger partial charge in [-0.1, -0.05) is 18.2 Å². The van der Waals surface area contributed by atoms with E-state index in [9.17, 15) is 4.79 Å². The van der Waals surface area contributed by atoms with Crippen LogP contribution in [0, 0.1) is 0 Å². The Bertz CT molecular complexity index is 597. The van der Waals surface area contributed by atoms with Crippen molar-refractivity contribution in [2.45, 2.75) is 25.7 Å². The highest BCUT2D eigenvalue weighted by molar-refractivity contribution is 5.83. The Morgan fingerprint density at radius 2 is 2.10 bits per heavy atom. The van der Waals surface area contributed by atoms with E-state index in [0.29, 0.717) is 12.3 Å². The molecular formula is C17H23N3O. The Morgan fingerprint density at radius 3 is 3.05 bits per heavy atom. The number of para-hydroxylation sites is 1. The summed E-state index contributed by atoms with van der Waals surface area (Å²) in [6, 6.07) is 8.34. The molecule has 112 valence electrons. The second-order valence-electron chi connectivity index (χ2n) is 5.70. The fourth-order valence-electron chi connectivity index (χ4n) is 3.02. The number of aromatic amines is 1. The van der Waals surface area contributed by atoms with Crippen LogP contribution in [0.15, 0.2) is 30.5 Å². The quantitative estimate of drug-likeness (QED) is 0.905. The molecule has 4 nitrogen and oxygen atoms in total. The number of nitrogens with zero attached hydrogens (tertiary/aromatic N) is 1. The summed E-state index contributed by atoms with van der Waals surface area (Å²) in [4.78, 5) is 17.5. The first-order valence-electron chi connectivity index (χ1n) is 7.88. The van der Waals surface area contributed by atoms with E-state index in [4.69, 9.17) is 0 Å². The van der Waals surface area contributed by atoms with Gasteiger partial charge in [0.25, 0.3) is 0 Å². The summed E-state index contributed by atoms with van der Waals surface area (Å²) in [5.74, 6) is 0.304. The summed E-state index contributed by atoms with van der Waals surface area (Å²) in [5, 5.41) is 4.61. The van der Waals surface area contributed by atoms with E-state index in [1.54, 1.807) is 0 Å². The summed E-state index contributed by atoms with van der Waals surface area (Å²) >= 11 is 0. The molecule has 2 heterocycles. The van der Waals surface area contributed by atoms with Crippen LogP contribution in [0.5, 0.6) is 0 Å². The van der Waals surface area contributed by atoms with Crippen molar-refractivity contribution < 1.29 is 4.79 Å². The molecule has 3 rings (SSSR count). The first kappa shape index (κ1) is 14.1. The SMILES string of the molecule is O=C(CCCc1c[nH]c2ccccc12)N1CCCNCC1. The molecule has 4 heteroatoms. The number of aromatic nitrogens is 1. The van der Waals surface area contributed by atoms with E-state index in [1.165, 1.54) is 16.5 Å². The average Bonchev–Trinajstić information content (AvgIpc) is 2.74. The van der Waals surface area contributed by atoms with E-state index in [-0.39, 0.29) is 0 Å². The van der Waals surface area contributed by atoms with Crippen molar-refractivity contribution in [2.24, 2.45) is 0 Å². The molecule has 0 bridgehead atoms. The van der Waals surface area contributed by atoms with Gasteiger partial charge in [-0.15, -0.1) is 0 Å². The summed E-state index contributed by atoms with van der Waals surface area (Å²) in [6.45, 7) is 3.71. The molecular weight excluding hydrogens is 262 g/mol. The monoisotopic (exact) mass is 285 g/mol. The van der Waals surface area contributed by atoms with Crippen LogP contribution in [0.4, 0.5) is 0 Å². The third kappa shape index (κ3) is 3.45. The average molecular weight is 285 g/mol. The third-order valence-corrected chi connectivity index (χ3v) is 4.20. The highest BCUT2D eigenvalue weighted by Crippen LogP contribution is 2.19. The number of aryl methyl sites for hydroxylation is 1. The number of fused-ring (bicyclic) bond motifs is 1. The summed E-state index contributed by atoms with van der Waals surface area (Å²) in [6.07, 6.45) is 5.67. The normalized spacial score (nSPS) is 16.1. The number of rotatable bonds is 4. The van der Waals surface area contributed by atoms with Gasteiger partial charge in [0.05, 0.1) is 0 Å². The van der Waals surface area contributed by atoms with Crippen LogP contribution in [-0.2, 0) is 11.2 Å². The topological polar surface area (TPSA) is 48.1 Å². The van der Waals surface area contributed by atoms with Crippen molar-refractivity contribution in [1.82, 2.24) is 15.2 Å². The lowest BCUT2D eigenvalue weighted by molar-refractivity contribution is -0.131. The van der Waals surface area contributed by atoms with Crippen LogP contribution in [0.1, 0.15) is 24.8 Å². The molecule has 21 heavy (non-hydrogen) atoms. The lowest BCUT2D eigenvalue weighted by Gasteiger charge is -2.19. The molecule has 0 unspecified atom stereocenters. The maximum Gasteiger partial charge on any atom is 0.222 e. The first-order valence-corrected chi connectivity index (χ1v) is 7.88. The number of H-pyrrole nitrogens is 1. The van der Waals surface area contributed by atoms with Gasteiger partial charge in [0, 0.05) is 43.2 Å². The molecule has 1 aliphatic rings. The Hall–Kier alpha value is -1.81. The van der Waals surface area contributed by atoms with E-state index in [2.05, 4.69) is 34.7 Å². The number of carbonyl (C=O) groups is 1. The smallest absolute Gasteiger partial charge is 0.222 e. The number of hydrogen-bond acceptors (Lipinski definition) is 2. The van der Waals surface area contributed by atoms with E-state index in [0.717, 1.165) is 45.4 Å². The molecule has 1 aliphatic heterocycles. The second-order valence-corrected chi connectivity index (χ2v) is 5.70. The van der Waals surface area contributed by atoms with Crippen LogP contribution >= 0.6 is 0 Å². The standard InChI is InChI=1S/C17H23N3O/c21-17(20-11-4-9-18-10-12-20)8-3-5-14-13-19-16-7-2-1-6-15(14)16/h1-2,6-7,13,18-19H,3-5,8-12H2. The van der Waals surface area contributed by atoms with Gasteiger partial charge in [-0.3, -0.25) is 4.79 Å². The minimum Gasteiger partial charge on any atom is -0.361 e. The maximum atomic E-state index is 12.2. The van der Waals surface area contributed by atoms with Gasteiger partial charge in [-0.2, -0.15) is 0 Å². The largest absolute Gasteiger partial charge is 0.361 e. The lowest BCUT2D eigenvalue weighted by Crippen LogP contribution is -2.34. The van der Waals surface area contributed by atoms with Crippen molar-refractivity contribution in [3.8, 4) is 0 Å². The Labute approximate surface area is 125 Å². The van der Waals surface area contributed by atoms with Gasteiger partial charge < -0.3 is 15.2 Å². The van der Waals surface area contributed by atoms with Crippen LogP contribution in [-0.4, -0.2) is 42.0 Å². The van der Waals surface area contributed by atoms with Crippen molar-refractivity contribution in [3.05, 3.63) is 36.0 Å². The molecule has 0 aliphatic carbocycles. The zero-order chi connectivity index (χ0) is 14.5. The van der Waals surface area contributed by atoms with Crippen molar-refractivity contribution >= 4 is 16.8 Å². The third-order valence-electron chi connectivity index (χ3n) is 4.20. The van der Waals surface area contributed by atoms with Gasteiger partial charge in [0.2, 0.25) is 5.91 Å². The molecule has 1 aromatic heterocycles. The number of nitrogens with one attached hydrogen (secondary N) is 2. The van der Waals surface area contributed by atoms with Crippen LogP contribution in [0.2, 0.25) is 0 Å². The first-order chi connectivity index (χ1) is 10.3. The summed E-state index contributed by atoms with van der Waals surface area (Å²) < 4.78 is 0. The lowest BCUT2D eigenvalue weighted by atomic mass is 10.1. The van der Waals surface area contributed by atoms with Gasteiger partial charge in [0.15, 0.2) is 0 Å². The molecule has 0 radical (unpaired) electrons. The van der Waals surface area contributed by atoms with Gasteiger partial charge >= 0.3 is 0 Å². The zero-order valence-corrected chi connectivity index (χ0v) is 12.4. The molecule has 1 amide bonds. The summed E-state index contributed by atoms with van der Waals surface area (Å²) in [5.41, 5.74) is 2.49. The summed E-state index contributed by atoms with van der Waals surface area (Å²) in [7, 11) is 0. The minimum absolute atomic E-state index is 0.304. The molecule has 0 atom stereocenters. The molecule has 1 aromatic carbocycles. The highest BCUT2D eigenvalue weighted by Gasteiger charge is 2.14. The van der Waals surface area contributed by atoms with Gasteiger partial charge in [-0.25, -0.2) is 0 Å². The molecule has 1 fully saturated rings. The fourth-order valence-corrected chi connectivity index (χ4v) is 3.02. The minimum atomic E-state index is 0.304. The molecule has 2 N–H and O–H groups in total. The van der Waals surface area contributed by atoms with Crippen molar-refractivity contribution in [3.63, 3.8) is 0 Å². The van der Waals surface area contributed by atoms with Gasteiger partial charge in [-0.05, 0) is 37.4 Å². The number of amides is 1. The zero-order valence-electron chi connectivity index (χ0n) is 12.4. The van der Waals surface area contributed by atoms with Crippen LogP contribution < -0.4 is 5.32 Å². The molecule has 2 aromatic rings. The number of carbonyl (C=O) groups excluding carboxylic acids is 1. The predicted octanol–water partition coefficient (Wildman–Crippen LogP) is 2.31. The second kappa shape index (κ2) is 6.76. The Balaban J connectivity index is 1.52. The Kier molecular flexibility index (Phi) is 4.55. The number of hydrogen-bond donors (Lipinski definition) is 2. The fraction of sp³-hybridized carbons (Fsp3) is 0.471. The van der Waals surface area contributed by atoms with Crippen LogP contribution in [0.3, 0.4) is 0 Å². The van der Waals surface area contributed by atoms with E-state index >= 15 is 0 Å². The van der Waals surface area contributed by atoms with E-state index in [1.807, 2.05) is 11.0 Å². The van der Waals surface area contributed by atoms with Crippen molar-refractivity contribution in [2.75, 3.05) is 26.2 Å². The molecule has 1 saturated heterocycles. The van der Waals surface area contributed by atoms with E-state index < -0.39 is 0 Å². The van der Waals surface area contributed by atoms with Crippen molar-refractivity contribution in [1.29, 1.82) is 0 Å². The van der Waals surface area contributed by atoms with Crippen LogP contribution in [0.25, 0.3) is 10.9 Å². The predicted molar refractivity (Wildman–Crippen MR) is 85.3 cm³/mol. The maximum absolute atomic E-state index is 12.2. The molecule has 0 saturated carbocycles. The number of benzene rings is 1. The van der Waals surface area contributed by atoms with Gasteiger partial charge in [0.1, 0.15) is 0 Å². The molecule has 0 spiro atoms. The highest BCUT2D eigenvalue weighted by atomic mass is 16.2. The Morgan fingerprint density at radius 1 is 1.19 bits per heavy atom.